The van der Waals surface area contributed by atoms with Gasteiger partial charge in [0.15, 0.2) is 0 Å². The second-order valence-corrected chi connectivity index (χ2v) is 7.33. The van der Waals surface area contributed by atoms with Crippen LogP contribution in [0.3, 0.4) is 0 Å². The van der Waals surface area contributed by atoms with Crippen molar-refractivity contribution in [3.05, 3.63) is 83.2 Å². The maximum Gasteiger partial charge on any atom is 0.326 e. The molecule has 0 saturated carbocycles. The highest BCUT2D eigenvalue weighted by molar-refractivity contribution is 6.01. The van der Waals surface area contributed by atoms with Gasteiger partial charge < -0.3 is 15.7 Å². The van der Waals surface area contributed by atoms with E-state index in [1.165, 1.54) is 12.1 Å². The zero-order valence-electron chi connectivity index (χ0n) is 18.0. The summed E-state index contributed by atoms with van der Waals surface area (Å²) in [5.41, 5.74) is 2.48. The molecular formula is C25H23FN4O3. The first-order chi connectivity index (χ1) is 15.9. The topological polar surface area (TPSA) is 115 Å². The van der Waals surface area contributed by atoms with Gasteiger partial charge in [-0.1, -0.05) is 37.3 Å². The average Bonchev–Trinajstić information content (AvgIpc) is 2.82. The first-order valence-electron chi connectivity index (χ1n) is 10.5. The van der Waals surface area contributed by atoms with Crippen LogP contribution in [0.15, 0.2) is 60.7 Å². The Labute approximate surface area is 190 Å². The van der Waals surface area contributed by atoms with Crippen LogP contribution in [0.25, 0.3) is 11.3 Å². The number of hydrogen-bond acceptors (Lipinski definition) is 5. The van der Waals surface area contributed by atoms with E-state index in [1.54, 1.807) is 55.5 Å². The molecule has 33 heavy (non-hydrogen) atoms. The highest BCUT2D eigenvalue weighted by Crippen LogP contribution is 2.25. The number of nitriles is 1. The fraction of sp³-hybridized carbons (Fsp3) is 0.200. The van der Waals surface area contributed by atoms with E-state index < -0.39 is 17.9 Å². The number of nitrogens with zero attached hydrogens (tertiary/aromatic N) is 2. The molecule has 7 nitrogen and oxygen atoms in total. The van der Waals surface area contributed by atoms with Gasteiger partial charge in [0.1, 0.15) is 17.7 Å². The fourth-order valence-corrected chi connectivity index (χ4v) is 3.32. The second-order valence-electron chi connectivity index (χ2n) is 7.33. The molecule has 168 valence electrons. The Bertz CT molecular complexity index is 1210. The number of amides is 1. The Kier molecular flexibility index (Phi) is 7.71. The van der Waals surface area contributed by atoms with Gasteiger partial charge in [0.25, 0.3) is 5.91 Å². The molecule has 3 rings (SSSR count). The number of nitrogens with one attached hydrogen (secondary N) is 2. The molecule has 0 aliphatic carbocycles. The number of carbonyl (C=O) groups is 2. The summed E-state index contributed by atoms with van der Waals surface area (Å²) in [6.07, 6.45) is 0.705. The van der Waals surface area contributed by atoms with Crippen molar-refractivity contribution in [3.63, 3.8) is 0 Å². The monoisotopic (exact) mass is 446 g/mol. The molecule has 0 aliphatic heterocycles. The van der Waals surface area contributed by atoms with Crippen LogP contribution in [0.1, 0.15) is 34.8 Å². The van der Waals surface area contributed by atoms with Crippen LogP contribution >= 0.6 is 0 Å². The van der Waals surface area contributed by atoms with Crippen molar-refractivity contribution in [2.24, 2.45) is 0 Å². The van der Waals surface area contributed by atoms with Crippen molar-refractivity contribution in [3.8, 4) is 17.3 Å². The number of carbonyl (C=O) groups excluding carboxylic acids is 1. The van der Waals surface area contributed by atoms with Gasteiger partial charge in [0, 0.05) is 12.1 Å². The molecule has 0 unspecified atom stereocenters. The number of rotatable bonds is 9. The summed E-state index contributed by atoms with van der Waals surface area (Å²) < 4.78 is 13.5. The number of carboxylic acid groups (broad SMARTS) is 1. The number of pyridine rings is 1. The number of aromatic nitrogens is 1. The minimum Gasteiger partial charge on any atom is -0.480 e. The van der Waals surface area contributed by atoms with Crippen molar-refractivity contribution in [2.45, 2.75) is 25.8 Å². The molecule has 1 amide bonds. The van der Waals surface area contributed by atoms with Crippen LogP contribution in [0, 0.1) is 17.1 Å². The Morgan fingerprint density at radius 2 is 1.94 bits per heavy atom. The van der Waals surface area contributed by atoms with Crippen LogP contribution in [0.2, 0.25) is 0 Å². The Balaban J connectivity index is 1.91. The zero-order valence-corrected chi connectivity index (χ0v) is 18.0. The lowest BCUT2D eigenvalue weighted by atomic mass is 10.0. The summed E-state index contributed by atoms with van der Waals surface area (Å²) in [6.45, 7) is 2.02. The average molecular weight is 446 g/mol. The van der Waals surface area contributed by atoms with E-state index in [9.17, 15) is 24.3 Å². The van der Waals surface area contributed by atoms with E-state index in [0.29, 0.717) is 29.8 Å². The van der Waals surface area contributed by atoms with Crippen molar-refractivity contribution in [1.29, 1.82) is 5.26 Å². The molecule has 1 aromatic heterocycles. The maximum absolute atomic E-state index is 13.5. The normalized spacial score (nSPS) is 11.3. The second kappa shape index (κ2) is 10.9. The molecule has 0 bridgehead atoms. The molecule has 0 fully saturated rings. The minimum atomic E-state index is -1.13. The quantitative estimate of drug-likeness (QED) is 0.458. The highest BCUT2D eigenvalue weighted by Gasteiger charge is 2.21. The predicted molar refractivity (Wildman–Crippen MR) is 122 cm³/mol. The molecule has 1 atom stereocenters. The van der Waals surface area contributed by atoms with Gasteiger partial charge in [-0.05, 0) is 48.7 Å². The molecule has 3 aromatic rings. The first kappa shape index (κ1) is 23.4. The number of halogens is 1. The number of anilines is 1. The van der Waals surface area contributed by atoms with E-state index in [1.807, 2.05) is 0 Å². The van der Waals surface area contributed by atoms with Gasteiger partial charge >= 0.3 is 5.97 Å². The Hall–Kier alpha value is -4.25. The number of hydrogen-bond donors (Lipinski definition) is 3. The van der Waals surface area contributed by atoms with E-state index in [4.69, 9.17) is 0 Å². The molecule has 0 radical (unpaired) electrons. The summed E-state index contributed by atoms with van der Waals surface area (Å²) in [4.78, 5) is 28.7. The van der Waals surface area contributed by atoms with E-state index in [-0.39, 0.29) is 23.6 Å². The van der Waals surface area contributed by atoms with Crippen molar-refractivity contribution >= 4 is 17.7 Å². The molecular weight excluding hydrogens is 423 g/mol. The lowest BCUT2D eigenvalue weighted by Gasteiger charge is -2.16. The molecule has 0 aliphatic rings. The van der Waals surface area contributed by atoms with Gasteiger partial charge in [-0.15, -0.1) is 0 Å². The predicted octanol–water partition coefficient (Wildman–Crippen LogP) is 4.01. The summed E-state index contributed by atoms with van der Waals surface area (Å²) in [6, 6.07) is 17.4. The Morgan fingerprint density at radius 1 is 1.15 bits per heavy atom. The third kappa shape index (κ3) is 5.92. The summed E-state index contributed by atoms with van der Waals surface area (Å²) in [5, 5.41) is 24.3. The highest BCUT2D eigenvalue weighted by atomic mass is 19.1. The maximum atomic E-state index is 13.5. The number of carboxylic acids is 1. The van der Waals surface area contributed by atoms with Crippen LogP contribution in [0.4, 0.5) is 10.2 Å². The van der Waals surface area contributed by atoms with Gasteiger partial charge in [-0.25, -0.2) is 14.2 Å². The Morgan fingerprint density at radius 3 is 2.64 bits per heavy atom. The lowest BCUT2D eigenvalue weighted by molar-refractivity contribution is -0.139. The van der Waals surface area contributed by atoms with Gasteiger partial charge in [0.2, 0.25) is 0 Å². The molecule has 0 saturated heterocycles. The first-order valence-corrected chi connectivity index (χ1v) is 10.5. The number of benzene rings is 2. The van der Waals surface area contributed by atoms with Gasteiger partial charge in [-0.3, -0.25) is 4.79 Å². The van der Waals surface area contributed by atoms with Crippen LogP contribution < -0.4 is 10.6 Å². The molecule has 2 aromatic carbocycles. The summed E-state index contributed by atoms with van der Waals surface area (Å²) in [7, 11) is 0. The zero-order chi connectivity index (χ0) is 23.8. The summed E-state index contributed by atoms with van der Waals surface area (Å²) >= 11 is 0. The van der Waals surface area contributed by atoms with Crippen LogP contribution in [0.5, 0.6) is 0 Å². The smallest absolute Gasteiger partial charge is 0.326 e. The van der Waals surface area contributed by atoms with E-state index in [2.05, 4.69) is 21.7 Å². The third-order valence-corrected chi connectivity index (χ3v) is 5.07. The van der Waals surface area contributed by atoms with Crippen LogP contribution in [-0.2, 0) is 11.2 Å². The van der Waals surface area contributed by atoms with Gasteiger partial charge in [-0.2, -0.15) is 5.26 Å². The van der Waals surface area contributed by atoms with Crippen molar-refractivity contribution in [1.82, 2.24) is 10.3 Å². The van der Waals surface area contributed by atoms with E-state index in [0.717, 1.165) is 5.56 Å². The van der Waals surface area contributed by atoms with Crippen molar-refractivity contribution in [2.75, 3.05) is 11.9 Å². The van der Waals surface area contributed by atoms with Crippen LogP contribution in [-0.4, -0.2) is 34.6 Å². The largest absolute Gasteiger partial charge is 0.480 e. The number of aliphatic carboxylic acids is 1. The molecule has 3 N–H and O–H groups in total. The molecule has 8 heteroatoms. The standard InChI is InChI=1S/C25H23FN4O3/c1-2-21(25(32)33)30-24(31)20-10-11-22(19-9-4-3-7-17(19)15-27)29-23(20)28-13-12-16-6-5-8-18(26)14-16/h3-11,14,21H,2,12-13H2,1H3,(H,28,29)(H,30,31)(H,32,33)/t21-/m1/s1. The third-order valence-electron chi connectivity index (χ3n) is 5.07. The van der Waals surface area contributed by atoms with E-state index >= 15 is 0 Å². The molecule has 0 spiro atoms. The van der Waals surface area contributed by atoms with Gasteiger partial charge in [0.05, 0.1) is 22.9 Å². The minimum absolute atomic E-state index is 0.173. The van der Waals surface area contributed by atoms with Crippen molar-refractivity contribution < 1.29 is 19.1 Å². The SMILES string of the molecule is CC[C@@H](NC(=O)c1ccc(-c2ccccc2C#N)nc1NCCc1cccc(F)c1)C(=O)O. The molecule has 1 heterocycles. The summed E-state index contributed by atoms with van der Waals surface area (Å²) in [5.74, 6) is -1.79. The lowest BCUT2D eigenvalue weighted by Crippen LogP contribution is -2.40. The fourth-order valence-electron chi connectivity index (χ4n) is 3.32.